The van der Waals surface area contributed by atoms with E-state index in [0.717, 1.165) is 41.6 Å². The molecule has 0 fully saturated rings. The van der Waals surface area contributed by atoms with Crippen molar-refractivity contribution < 1.29 is 4.74 Å². The van der Waals surface area contributed by atoms with E-state index in [0.29, 0.717) is 6.61 Å². The van der Waals surface area contributed by atoms with Crippen LogP contribution in [0.1, 0.15) is 24.7 Å². The minimum atomic E-state index is 0.564. The second kappa shape index (κ2) is 7.59. The number of benzene rings is 1. The van der Waals surface area contributed by atoms with E-state index in [9.17, 15) is 0 Å². The molecule has 0 amide bonds. The summed E-state index contributed by atoms with van der Waals surface area (Å²) < 4.78 is 5.23. The number of rotatable bonds is 7. The van der Waals surface area contributed by atoms with Crippen molar-refractivity contribution in [3.63, 3.8) is 0 Å². The lowest BCUT2D eigenvalue weighted by Crippen LogP contribution is -2.05. The fraction of sp³-hybridized carbons (Fsp3) is 0.375. The summed E-state index contributed by atoms with van der Waals surface area (Å²) in [6.07, 6.45) is 1.89. The summed E-state index contributed by atoms with van der Waals surface area (Å²) in [5.74, 6) is 2.46. The molecule has 112 valence electrons. The Labute approximate surface area is 125 Å². The summed E-state index contributed by atoms with van der Waals surface area (Å²) in [6, 6.07) is 9.96. The number of methoxy groups -OCH3 is 1. The predicted octanol–water partition coefficient (Wildman–Crippen LogP) is 3.36. The fourth-order valence-electron chi connectivity index (χ4n) is 2.09. The molecule has 5 nitrogen and oxygen atoms in total. The van der Waals surface area contributed by atoms with Gasteiger partial charge in [0.25, 0.3) is 0 Å². The molecule has 21 heavy (non-hydrogen) atoms. The van der Waals surface area contributed by atoms with Crippen LogP contribution in [0.2, 0.25) is 0 Å². The van der Waals surface area contributed by atoms with Crippen LogP contribution in [-0.2, 0) is 17.8 Å². The molecular formula is C16H22N4O. The van der Waals surface area contributed by atoms with E-state index in [-0.39, 0.29) is 0 Å². The summed E-state index contributed by atoms with van der Waals surface area (Å²) in [5, 5.41) is 6.44. The van der Waals surface area contributed by atoms with E-state index < -0.39 is 0 Å². The number of aryl methyl sites for hydroxylation is 1. The Bertz CT molecular complexity index is 586. The van der Waals surface area contributed by atoms with E-state index in [1.54, 1.807) is 7.11 Å². The summed E-state index contributed by atoms with van der Waals surface area (Å²) >= 11 is 0. The van der Waals surface area contributed by atoms with Crippen molar-refractivity contribution in [2.24, 2.45) is 0 Å². The average molecular weight is 286 g/mol. The molecule has 0 atom stereocenters. The first kappa shape index (κ1) is 15.3. The monoisotopic (exact) mass is 286 g/mol. The van der Waals surface area contributed by atoms with E-state index >= 15 is 0 Å². The van der Waals surface area contributed by atoms with Gasteiger partial charge >= 0.3 is 0 Å². The van der Waals surface area contributed by atoms with Crippen molar-refractivity contribution in [2.45, 2.75) is 26.4 Å². The van der Waals surface area contributed by atoms with Crippen molar-refractivity contribution in [3.05, 3.63) is 41.7 Å². The van der Waals surface area contributed by atoms with E-state index in [4.69, 9.17) is 4.74 Å². The van der Waals surface area contributed by atoms with Crippen LogP contribution in [0.5, 0.6) is 0 Å². The standard InChI is InChI=1S/C16H22N4O/c1-4-7-14-19-15(17-2)10-16(20-14)18-13-9-6-5-8-12(13)11-21-3/h5-6,8-10H,4,7,11H2,1-3H3,(H2,17,18,19,20). The Hall–Kier alpha value is -2.14. The third kappa shape index (κ3) is 4.16. The fourth-order valence-corrected chi connectivity index (χ4v) is 2.09. The highest BCUT2D eigenvalue weighted by atomic mass is 16.5. The van der Waals surface area contributed by atoms with Gasteiger partial charge in [-0.05, 0) is 12.5 Å². The lowest BCUT2D eigenvalue weighted by atomic mass is 10.2. The van der Waals surface area contributed by atoms with Crippen LogP contribution in [0.15, 0.2) is 30.3 Å². The summed E-state index contributed by atoms with van der Waals surface area (Å²) in [7, 11) is 3.56. The number of ether oxygens (including phenoxy) is 1. The van der Waals surface area contributed by atoms with Gasteiger partial charge < -0.3 is 15.4 Å². The van der Waals surface area contributed by atoms with Crippen LogP contribution in [0, 0.1) is 0 Å². The minimum absolute atomic E-state index is 0.564. The van der Waals surface area contributed by atoms with Gasteiger partial charge in [0.1, 0.15) is 17.5 Å². The summed E-state index contributed by atoms with van der Waals surface area (Å²) in [5.41, 5.74) is 2.10. The summed E-state index contributed by atoms with van der Waals surface area (Å²) in [6.45, 7) is 2.69. The molecule has 0 aliphatic rings. The van der Waals surface area contributed by atoms with Gasteiger partial charge in [0.2, 0.25) is 0 Å². The highest BCUT2D eigenvalue weighted by Gasteiger charge is 2.06. The van der Waals surface area contributed by atoms with Gasteiger partial charge in [-0.25, -0.2) is 9.97 Å². The molecule has 0 aliphatic carbocycles. The smallest absolute Gasteiger partial charge is 0.136 e. The largest absolute Gasteiger partial charge is 0.380 e. The molecule has 5 heteroatoms. The maximum atomic E-state index is 5.23. The first-order valence-corrected chi connectivity index (χ1v) is 7.16. The Morgan fingerprint density at radius 2 is 1.90 bits per heavy atom. The average Bonchev–Trinajstić information content (AvgIpc) is 2.49. The molecule has 2 aromatic rings. The molecule has 2 rings (SSSR count). The van der Waals surface area contributed by atoms with E-state index in [1.807, 2.05) is 37.4 Å². The maximum Gasteiger partial charge on any atom is 0.136 e. The number of nitrogens with one attached hydrogen (secondary N) is 2. The molecule has 1 heterocycles. The van der Waals surface area contributed by atoms with Gasteiger partial charge in [0.05, 0.1) is 6.61 Å². The minimum Gasteiger partial charge on any atom is -0.380 e. The molecule has 0 spiro atoms. The van der Waals surface area contributed by atoms with Gasteiger partial charge in [0, 0.05) is 37.9 Å². The number of nitrogens with zero attached hydrogens (tertiary/aromatic N) is 2. The molecule has 0 radical (unpaired) electrons. The normalized spacial score (nSPS) is 10.4. The first-order valence-electron chi connectivity index (χ1n) is 7.16. The second-order valence-corrected chi connectivity index (χ2v) is 4.77. The van der Waals surface area contributed by atoms with Gasteiger partial charge in [0.15, 0.2) is 0 Å². The first-order chi connectivity index (χ1) is 10.3. The van der Waals surface area contributed by atoms with Crippen molar-refractivity contribution in [2.75, 3.05) is 24.8 Å². The Balaban J connectivity index is 2.28. The van der Waals surface area contributed by atoms with Crippen molar-refractivity contribution in [3.8, 4) is 0 Å². The molecule has 0 aliphatic heterocycles. The second-order valence-electron chi connectivity index (χ2n) is 4.77. The van der Waals surface area contributed by atoms with Crippen molar-refractivity contribution >= 4 is 17.3 Å². The Kier molecular flexibility index (Phi) is 5.51. The molecule has 2 N–H and O–H groups in total. The molecule has 0 saturated heterocycles. The van der Waals surface area contributed by atoms with Crippen LogP contribution in [0.25, 0.3) is 0 Å². The quantitative estimate of drug-likeness (QED) is 0.817. The lowest BCUT2D eigenvalue weighted by Gasteiger charge is -2.12. The van der Waals surface area contributed by atoms with Gasteiger partial charge in [-0.2, -0.15) is 0 Å². The lowest BCUT2D eigenvalue weighted by molar-refractivity contribution is 0.185. The zero-order chi connectivity index (χ0) is 15.1. The molecule has 0 bridgehead atoms. The number of hydrogen-bond acceptors (Lipinski definition) is 5. The zero-order valence-electron chi connectivity index (χ0n) is 12.8. The third-order valence-electron chi connectivity index (χ3n) is 3.08. The van der Waals surface area contributed by atoms with Crippen LogP contribution < -0.4 is 10.6 Å². The van der Waals surface area contributed by atoms with Crippen LogP contribution in [0.4, 0.5) is 17.3 Å². The molecule has 1 aromatic carbocycles. The highest BCUT2D eigenvalue weighted by Crippen LogP contribution is 2.22. The topological polar surface area (TPSA) is 59.1 Å². The maximum absolute atomic E-state index is 5.23. The number of para-hydroxylation sites is 1. The van der Waals surface area contributed by atoms with Gasteiger partial charge in [-0.3, -0.25) is 0 Å². The van der Waals surface area contributed by atoms with Gasteiger partial charge in [-0.1, -0.05) is 25.1 Å². The van der Waals surface area contributed by atoms with Gasteiger partial charge in [-0.15, -0.1) is 0 Å². The highest BCUT2D eigenvalue weighted by molar-refractivity contribution is 5.62. The zero-order valence-corrected chi connectivity index (χ0v) is 12.8. The number of aromatic nitrogens is 2. The Morgan fingerprint density at radius 1 is 1.14 bits per heavy atom. The Morgan fingerprint density at radius 3 is 2.62 bits per heavy atom. The summed E-state index contributed by atoms with van der Waals surface area (Å²) in [4.78, 5) is 9.02. The van der Waals surface area contributed by atoms with Crippen LogP contribution in [0.3, 0.4) is 0 Å². The predicted molar refractivity (Wildman–Crippen MR) is 86.0 cm³/mol. The van der Waals surface area contributed by atoms with E-state index in [1.165, 1.54) is 0 Å². The van der Waals surface area contributed by atoms with Crippen molar-refractivity contribution in [1.82, 2.24) is 9.97 Å². The van der Waals surface area contributed by atoms with E-state index in [2.05, 4.69) is 27.5 Å². The number of anilines is 3. The third-order valence-corrected chi connectivity index (χ3v) is 3.08. The molecule has 0 saturated carbocycles. The number of hydrogen-bond donors (Lipinski definition) is 2. The molecular weight excluding hydrogens is 264 g/mol. The van der Waals surface area contributed by atoms with Crippen LogP contribution in [-0.4, -0.2) is 24.1 Å². The van der Waals surface area contributed by atoms with Crippen LogP contribution >= 0.6 is 0 Å². The van der Waals surface area contributed by atoms with Crippen molar-refractivity contribution in [1.29, 1.82) is 0 Å². The SMILES string of the molecule is CCCc1nc(NC)cc(Nc2ccccc2COC)n1. The molecule has 1 aromatic heterocycles. The molecule has 0 unspecified atom stereocenters.